The third-order valence-corrected chi connectivity index (χ3v) is 1.69. The molecule has 0 fully saturated rings. The Bertz CT molecular complexity index is 456. The fourth-order valence-electron chi connectivity index (χ4n) is 1.04. The van der Waals surface area contributed by atoms with Gasteiger partial charge >= 0.3 is 5.69 Å². The van der Waals surface area contributed by atoms with Crippen molar-refractivity contribution >= 4 is 5.91 Å². The van der Waals surface area contributed by atoms with Crippen LogP contribution in [0.4, 0.5) is 0 Å². The topological polar surface area (TPSA) is 64.0 Å². The highest BCUT2D eigenvalue weighted by Crippen LogP contribution is 1.89. The molecule has 5 nitrogen and oxygen atoms in total. The van der Waals surface area contributed by atoms with Gasteiger partial charge in [-0.2, -0.15) is 0 Å². The van der Waals surface area contributed by atoms with Crippen molar-refractivity contribution in [2.75, 3.05) is 6.54 Å². The molecule has 0 spiro atoms. The predicted octanol–water partition coefficient (Wildman–Crippen LogP) is -0.699. The van der Waals surface area contributed by atoms with Gasteiger partial charge in [0.05, 0.1) is 6.54 Å². The van der Waals surface area contributed by atoms with Gasteiger partial charge in [0.15, 0.2) is 0 Å². The van der Waals surface area contributed by atoms with Gasteiger partial charge in [-0.15, -0.1) is 6.42 Å². The quantitative estimate of drug-likeness (QED) is 0.664. The smallest absolute Gasteiger partial charge is 0.344 e. The van der Waals surface area contributed by atoms with E-state index >= 15 is 0 Å². The second kappa shape index (κ2) is 4.96. The minimum Gasteiger partial charge on any atom is -0.344 e. The molecule has 1 heterocycles. The molecule has 0 aliphatic heterocycles. The van der Waals surface area contributed by atoms with Crippen molar-refractivity contribution in [3.8, 4) is 12.3 Å². The first-order valence-electron chi connectivity index (χ1n) is 4.36. The standard InChI is InChI=1S/C10H11N3O2/c1-3-4-11-9(14)7-13-6-8(2)5-12-10(13)15/h1,5-6H,4,7H2,2H3,(H,11,14). The second-order valence-electron chi connectivity index (χ2n) is 3.02. The molecule has 1 aromatic rings. The molecule has 0 saturated heterocycles. The van der Waals surface area contributed by atoms with Crippen LogP contribution in [-0.4, -0.2) is 22.0 Å². The third-order valence-electron chi connectivity index (χ3n) is 1.69. The Hall–Kier alpha value is -2.09. The summed E-state index contributed by atoms with van der Waals surface area (Å²) < 4.78 is 1.24. The Balaban J connectivity index is 2.73. The van der Waals surface area contributed by atoms with E-state index in [0.717, 1.165) is 5.56 Å². The minimum absolute atomic E-state index is 0.0603. The first-order valence-corrected chi connectivity index (χ1v) is 4.36. The molecule has 0 aromatic carbocycles. The van der Waals surface area contributed by atoms with E-state index in [1.807, 2.05) is 0 Å². The molecule has 0 saturated carbocycles. The summed E-state index contributed by atoms with van der Waals surface area (Å²) in [5.74, 6) is 1.97. The fourth-order valence-corrected chi connectivity index (χ4v) is 1.04. The number of hydrogen-bond acceptors (Lipinski definition) is 3. The van der Waals surface area contributed by atoms with Gasteiger partial charge in [-0.25, -0.2) is 9.78 Å². The van der Waals surface area contributed by atoms with Crippen molar-refractivity contribution in [3.63, 3.8) is 0 Å². The molecule has 0 unspecified atom stereocenters. The summed E-state index contributed by atoms with van der Waals surface area (Å²) in [5.41, 5.74) is 0.371. The summed E-state index contributed by atoms with van der Waals surface area (Å²) in [5, 5.41) is 2.46. The summed E-state index contributed by atoms with van der Waals surface area (Å²) >= 11 is 0. The van der Waals surface area contributed by atoms with Crippen molar-refractivity contribution in [2.24, 2.45) is 0 Å². The number of amides is 1. The van der Waals surface area contributed by atoms with Crippen molar-refractivity contribution < 1.29 is 4.79 Å². The monoisotopic (exact) mass is 205 g/mol. The normalized spacial score (nSPS) is 9.33. The lowest BCUT2D eigenvalue weighted by molar-refractivity contribution is -0.121. The maximum atomic E-state index is 11.2. The maximum Gasteiger partial charge on any atom is 0.347 e. The highest BCUT2D eigenvalue weighted by atomic mass is 16.2. The van der Waals surface area contributed by atoms with Crippen LogP contribution in [0.5, 0.6) is 0 Å². The van der Waals surface area contributed by atoms with Crippen LogP contribution in [-0.2, 0) is 11.3 Å². The van der Waals surface area contributed by atoms with Crippen LogP contribution in [0.15, 0.2) is 17.2 Å². The summed E-state index contributed by atoms with van der Waals surface area (Å²) in [6.07, 6.45) is 8.01. The summed E-state index contributed by atoms with van der Waals surface area (Å²) in [4.78, 5) is 26.1. The molecule has 5 heteroatoms. The predicted molar refractivity (Wildman–Crippen MR) is 55.1 cm³/mol. The number of nitrogens with one attached hydrogen (secondary N) is 1. The van der Waals surface area contributed by atoms with Crippen LogP contribution in [0.3, 0.4) is 0 Å². The van der Waals surface area contributed by atoms with E-state index in [2.05, 4.69) is 16.2 Å². The van der Waals surface area contributed by atoms with E-state index in [1.54, 1.807) is 13.1 Å². The van der Waals surface area contributed by atoms with Crippen LogP contribution < -0.4 is 11.0 Å². The average molecular weight is 205 g/mol. The molecular weight excluding hydrogens is 194 g/mol. The highest BCUT2D eigenvalue weighted by molar-refractivity contribution is 5.75. The molecule has 0 atom stereocenters. The van der Waals surface area contributed by atoms with Gasteiger partial charge in [0, 0.05) is 12.4 Å². The van der Waals surface area contributed by atoms with E-state index in [-0.39, 0.29) is 19.0 Å². The van der Waals surface area contributed by atoms with Gasteiger partial charge in [-0.1, -0.05) is 5.92 Å². The molecule has 1 N–H and O–H groups in total. The number of nitrogens with zero attached hydrogens (tertiary/aromatic N) is 2. The van der Waals surface area contributed by atoms with Crippen LogP contribution in [0.2, 0.25) is 0 Å². The van der Waals surface area contributed by atoms with Crippen molar-refractivity contribution in [2.45, 2.75) is 13.5 Å². The highest BCUT2D eigenvalue weighted by Gasteiger charge is 2.03. The first-order chi connectivity index (χ1) is 7.13. The zero-order valence-corrected chi connectivity index (χ0v) is 8.36. The molecule has 1 amide bonds. The second-order valence-corrected chi connectivity index (χ2v) is 3.02. The van der Waals surface area contributed by atoms with Crippen LogP contribution in [0, 0.1) is 19.3 Å². The number of aryl methyl sites for hydroxylation is 1. The van der Waals surface area contributed by atoms with Gasteiger partial charge in [-0.05, 0) is 12.5 Å². The minimum atomic E-state index is -0.448. The first kappa shape index (κ1) is 11.0. The molecule has 15 heavy (non-hydrogen) atoms. The molecule has 0 bridgehead atoms. The van der Waals surface area contributed by atoms with Crippen LogP contribution in [0.1, 0.15) is 5.56 Å². The molecular formula is C10H11N3O2. The molecule has 0 aliphatic rings. The lowest BCUT2D eigenvalue weighted by Gasteiger charge is -2.04. The lowest BCUT2D eigenvalue weighted by Crippen LogP contribution is -2.33. The Kier molecular flexibility index (Phi) is 3.63. The number of aromatic nitrogens is 2. The number of hydrogen-bond donors (Lipinski definition) is 1. The zero-order valence-electron chi connectivity index (χ0n) is 8.36. The van der Waals surface area contributed by atoms with Crippen molar-refractivity contribution in [3.05, 3.63) is 28.4 Å². The van der Waals surface area contributed by atoms with E-state index in [0.29, 0.717) is 0 Å². The van der Waals surface area contributed by atoms with E-state index < -0.39 is 5.69 Å². The van der Waals surface area contributed by atoms with Gasteiger partial charge in [0.25, 0.3) is 0 Å². The summed E-state index contributed by atoms with van der Waals surface area (Å²) in [6, 6.07) is 0. The molecule has 78 valence electrons. The van der Waals surface area contributed by atoms with Gasteiger partial charge in [0.1, 0.15) is 6.54 Å². The van der Waals surface area contributed by atoms with E-state index in [4.69, 9.17) is 6.42 Å². The Morgan fingerprint density at radius 2 is 2.47 bits per heavy atom. The molecule has 1 aromatic heterocycles. The summed E-state index contributed by atoms with van der Waals surface area (Å²) in [7, 11) is 0. The summed E-state index contributed by atoms with van der Waals surface area (Å²) in [6.45, 7) is 1.89. The lowest BCUT2D eigenvalue weighted by atomic mass is 10.4. The third kappa shape index (κ3) is 3.27. The van der Waals surface area contributed by atoms with Crippen LogP contribution >= 0.6 is 0 Å². The zero-order chi connectivity index (χ0) is 11.3. The Morgan fingerprint density at radius 1 is 1.73 bits per heavy atom. The maximum absolute atomic E-state index is 11.2. The van der Waals surface area contributed by atoms with Gasteiger partial charge < -0.3 is 5.32 Å². The van der Waals surface area contributed by atoms with E-state index in [9.17, 15) is 9.59 Å². The number of rotatable bonds is 3. The van der Waals surface area contributed by atoms with Crippen LogP contribution in [0.25, 0.3) is 0 Å². The molecule has 0 radical (unpaired) electrons. The largest absolute Gasteiger partial charge is 0.347 e. The van der Waals surface area contributed by atoms with Crippen molar-refractivity contribution in [1.29, 1.82) is 0 Å². The SMILES string of the molecule is C#CCNC(=O)Cn1cc(C)cnc1=O. The van der Waals surface area contributed by atoms with E-state index in [1.165, 1.54) is 10.8 Å². The molecule has 0 aliphatic carbocycles. The van der Waals surface area contributed by atoms with Crippen molar-refractivity contribution in [1.82, 2.24) is 14.9 Å². The number of carbonyl (C=O) groups excluding carboxylic acids is 1. The Labute approximate surface area is 87.1 Å². The van der Waals surface area contributed by atoms with Gasteiger partial charge in [0.2, 0.25) is 5.91 Å². The number of terminal acetylenes is 1. The van der Waals surface area contributed by atoms with Gasteiger partial charge in [-0.3, -0.25) is 9.36 Å². The average Bonchev–Trinajstić information content (AvgIpc) is 2.20. The fraction of sp³-hybridized carbons (Fsp3) is 0.300. The number of carbonyl (C=O) groups is 1. The molecule has 1 rings (SSSR count). The Morgan fingerprint density at radius 3 is 3.13 bits per heavy atom.